The number of esters is 1. The lowest BCUT2D eigenvalue weighted by molar-refractivity contribution is -0.153. The highest BCUT2D eigenvalue weighted by Gasteiger charge is 2.33. The molecule has 0 unspecified atom stereocenters. The summed E-state index contributed by atoms with van der Waals surface area (Å²) in [4.78, 5) is 35.1. The first-order valence-electron chi connectivity index (χ1n) is 11.2. The largest absolute Gasteiger partial charge is 0.460 e. The van der Waals surface area contributed by atoms with Gasteiger partial charge in [-0.05, 0) is 72.1 Å². The van der Waals surface area contributed by atoms with Crippen molar-refractivity contribution in [3.63, 3.8) is 0 Å². The van der Waals surface area contributed by atoms with Crippen molar-refractivity contribution in [2.45, 2.75) is 105 Å². The van der Waals surface area contributed by atoms with Gasteiger partial charge in [-0.25, -0.2) is 4.79 Å². The molecule has 1 aliphatic carbocycles. The van der Waals surface area contributed by atoms with Crippen LogP contribution in [-0.2, 0) is 19.1 Å². The summed E-state index contributed by atoms with van der Waals surface area (Å²) in [5.74, 6) is 0.0693. The maximum Gasteiger partial charge on any atom is 0.374 e. The number of hydrogen-bond donors (Lipinski definition) is 0. The Hall–Kier alpha value is -1.45. The Kier molecular flexibility index (Phi) is 12.0. The van der Waals surface area contributed by atoms with Crippen LogP contribution in [0, 0.1) is 11.8 Å². The van der Waals surface area contributed by atoms with Crippen molar-refractivity contribution in [1.29, 1.82) is 0 Å². The van der Waals surface area contributed by atoms with Crippen molar-refractivity contribution in [1.82, 2.24) is 0 Å². The second-order valence-electron chi connectivity index (χ2n) is 8.49. The number of allylic oxidation sites excluding steroid dienone is 2. The molecule has 0 N–H and O–H groups in total. The number of ketones is 2. The molecule has 0 saturated heterocycles. The average molecular weight is 393 g/mol. The van der Waals surface area contributed by atoms with E-state index >= 15 is 0 Å². The van der Waals surface area contributed by atoms with Gasteiger partial charge in [0.2, 0.25) is 5.78 Å². The van der Waals surface area contributed by atoms with Crippen LogP contribution in [0.25, 0.3) is 0 Å². The standard InChI is InChI=1S/C24H40O4/c1-5-28-24(27)23(26)15-11-7-10-14-21-20(16-17-22(21)25)13-9-6-8-12-19(4)18(2)3/h20-21H,5-17H2,1-4H3/t20-,21+/m0/s1. The van der Waals surface area contributed by atoms with Crippen LogP contribution < -0.4 is 0 Å². The molecule has 0 aromatic carbocycles. The van der Waals surface area contributed by atoms with Gasteiger partial charge in [0.25, 0.3) is 0 Å². The average Bonchev–Trinajstić information content (AvgIpc) is 3.00. The zero-order valence-electron chi connectivity index (χ0n) is 18.5. The molecule has 1 aliphatic rings. The Morgan fingerprint density at radius 3 is 2.21 bits per heavy atom. The van der Waals surface area contributed by atoms with E-state index < -0.39 is 11.8 Å². The first-order chi connectivity index (χ1) is 13.4. The third-order valence-electron chi connectivity index (χ3n) is 6.15. The van der Waals surface area contributed by atoms with E-state index in [-0.39, 0.29) is 18.9 Å². The van der Waals surface area contributed by atoms with E-state index in [9.17, 15) is 14.4 Å². The molecule has 28 heavy (non-hydrogen) atoms. The first-order valence-corrected chi connectivity index (χ1v) is 11.2. The Morgan fingerprint density at radius 2 is 1.57 bits per heavy atom. The third-order valence-corrected chi connectivity index (χ3v) is 6.15. The van der Waals surface area contributed by atoms with Crippen molar-refractivity contribution in [3.05, 3.63) is 11.1 Å². The number of carbonyl (C=O) groups is 3. The zero-order chi connectivity index (χ0) is 20.9. The molecule has 1 fully saturated rings. The summed E-state index contributed by atoms with van der Waals surface area (Å²) < 4.78 is 4.71. The fourth-order valence-electron chi connectivity index (χ4n) is 4.08. The topological polar surface area (TPSA) is 60.4 Å². The summed E-state index contributed by atoms with van der Waals surface area (Å²) in [7, 11) is 0. The number of Topliss-reactive ketones (excluding diaryl/α,β-unsaturated/α-hetero) is 2. The van der Waals surface area contributed by atoms with Crippen LogP contribution in [0.4, 0.5) is 0 Å². The predicted molar refractivity (Wildman–Crippen MR) is 113 cm³/mol. The minimum atomic E-state index is -0.715. The lowest BCUT2D eigenvalue weighted by Crippen LogP contribution is -2.17. The van der Waals surface area contributed by atoms with E-state index in [4.69, 9.17) is 4.74 Å². The van der Waals surface area contributed by atoms with Crippen LogP contribution >= 0.6 is 0 Å². The van der Waals surface area contributed by atoms with Crippen molar-refractivity contribution < 1.29 is 19.1 Å². The number of hydrogen-bond acceptors (Lipinski definition) is 4. The monoisotopic (exact) mass is 392 g/mol. The third kappa shape index (κ3) is 9.16. The van der Waals surface area contributed by atoms with Gasteiger partial charge in [0.1, 0.15) is 5.78 Å². The summed E-state index contributed by atoms with van der Waals surface area (Å²) in [5, 5.41) is 0. The SMILES string of the molecule is CCOC(=O)C(=O)CCCCC[C@H]1C(=O)CC[C@@H]1CCCCCC(C)=C(C)C. The van der Waals surface area contributed by atoms with Crippen LogP contribution in [0.15, 0.2) is 11.1 Å². The van der Waals surface area contributed by atoms with Gasteiger partial charge in [-0.3, -0.25) is 9.59 Å². The van der Waals surface area contributed by atoms with Crippen LogP contribution in [-0.4, -0.2) is 24.1 Å². The molecule has 0 aromatic rings. The van der Waals surface area contributed by atoms with E-state index in [1.165, 1.54) is 43.3 Å². The highest BCUT2D eigenvalue weighted by Crippen LogP contribution is 2.36. The maximum absolute atomic E-state index is 12.2. The molecule has 0 heterocycles. The quantitative estimate of drug-likeness (QED) is 0.158. The molecule has 0 aliphatic heterocycles. The van der Waals surface area contributed by atoms with Crippen molar-refractivity contribution in [3.8, 4) is 0 Å². The van der Waals surface area contributed by atoms with Gasteiger partial charge in [-0.1, -0.05) is 36.8 Å². The molecule has 4 nitrogen and oxygen atoms in total. The van der Waals surface area contributed by atoms with E-state index in [2.05, 4.69) is 20.8 Å². The Labute approximate surface area is 171 Å². The van der Waals surface area contributed by atoms with E-state index in [1.54, 1.807) is 6.92 Å². The molecular weight excluding hydrogens is 352 g/mol. The Bertz CT molecular complexity index is 543. The van der Waals surface area contributed by atoms with Gasteiger partial charge in [-0.15, -0.1) is 0 Å². The molecule has 0 amide bonds. The van der Waals surface area contributed by atoms with Gasteiger partial charge >= 0.3 is 5.97 Å². The second-order valence-corrected chi connectivity index (χ2v) is 8.49. The summed E-state index contributed by atoms with van der Waals surface area (Å²) in [6.07, 6.45) is 11.6. The predicted octanol–water partition coefficient (Wildman–Crippen LogP) is 5.97. The zero-order valence-corrected chi connectivity index (χ0v) is 18.5. The first kappa shape index (κ1) is 24.6. The highest BCUT2D eigenvalue weighted by molar-refractivity contribution is 6.33. The minimum Gasteiger partial charge on any atom is -0.460 e. The van der Waals surface area contributed by atoms with Crippen LogP contribution in [0.3, 0.4) is 0 Å². The molecule has 0 bridgehead atoms. The van der Waals surface area contributed by atoms with Gasteiger partial charge < -0.3 is 4.74 Å². The minimum absolute atomic E-state index is 0.222. The lowest BCUT2D eigenvalue weighted by Gasteiger charge is -2.18. The van der Waals surface area contributed by atoms with E-state index in [0.29, 0.717) is 18.1 Å². The molecule has 0 spiro atoms. The summed E-state index contributed by atoms with van der Waals surface area (Å²) in [5.41, 5.74) is 2.95. The van der Waals surface area contributed by atoms with Crippen molar-refractivity contribution in [2.75, 3.05) is 6.61 Å². The lowest BCUT2D eigenvalue weighted by atomic mass is 9.86. The summed E-state index contributed by atoms with van der Waals surface area (Å²) >= 11 is 0. The van der Waals surface area contributed by atoms with Crippen molar-refractivity contribution in [2.24, 2.45) is 11.8 Å². The normalized spacial score (nSPS) is 18.9. The molecule has 1 saturated carbocycles. The number of ether oxygens (including phenoxy) is 1. The Balaban J connectivity index is 2.21. The van der Waals surface area contributed by atoms with Crippen LogP contribution in [0.2, 0.25) is 0 Å². The molecular formula is C24H40O4. The fourth-order valence-corrected chi connectivity index (χ4v) is 4.08. The van der Waals surface area contributed by atoms with Gasteiger partial charge in [-0.2, -0.15) is 0 Å². The van der Waals surface area contributed by atoms with Gasteiger partial charge in [0, 0.05) is 18.8 Å². The van der Waals surface area contributed by atoms with Crippen LogP contribution in [0.1, 0.15) is 105 Å². The second kappa shape index (κ2) is 13.7. The fraction of sp³-hybridized carbons (Fsp3) is 0.792. The number of carbonyl (C=O) groups excluding carboxylic acids is 3. The van der Waals surface area contributed by atoms with Crippen LogP contribution in [0.5, 0.6) is 0 Å². The Morgan fingerprint density at radius 1 is 0.929 bits per heavy atom. The molecule has 2 atom stereocenters. The maximum atomic E-state index is 12.2. The van der Waals surface area contributed by atoms with Gasteiger partial charge in [0.05, 0.1) is 6.61 Å². The molecule has 160 valence electrons. The number of unbranched alkanes of at least 4 members (excludes halogenated alkanes) is 4. The molecule has 4 heteroatoms. The van der Waals surface area contributed by atoms with E-state index in [0.717, 1.165) is 32.1 Å². The highest BCUT2D eigenvalue weighted by atomic mass is 16.5. The van der Waals surface area contributed by atoms with E-state index in [1.807, 2.05) is 0 Å². The molecule has 0 radical (unpaired) electrons. The smallest absolute Gasteiger partial charge is 0.374 e. The summed E-state index contributed by atoms with van der Waals surface area (Å²) in [6, 6.07) is 0. The van der Waals surface area contributed by atoms with Gasteiger partial charge in [0.15, 0.2) is 0 Å². The number of rotatable bonds is 14. The van der Waals surface area contributed by atoms with Crippen molar-refractivity contribution >= 4 is 17.5 Å². The summed E-state index contributed by atoms with van der Waals surface area (Å²) in [6.45, 7) is 8.52. The molecule has 1 rings (SSSR count). The molecule has 0 aromatic heterocycles.